The van der Waals surface area contributed by atoms with Gasteiger partial charge >= 0.3 is 0 Å². The molecule has 0 fully saturated rings. The fourth-order valence-corrected chi connectivity index (χ4v) is 10.3. The van der Waals surface area contributed by atoms with E-state index in [2.05, 4.69) is 78.9 Å². The second kappa shape index (κ2) is 12.7. The summed E-state index contributed by atoms with van der Waals surface area (Å²) in [5, 5.41) is 5.50. The summed E-state index contributed by atoms with van der Waals surface area (Å²) >= 11 is 3.52. The first-order chi connectivity index (χ1) is 28.2. The van der Waals surface area contributed by atoms with E-state index in [4.69, 9.17) is 29.3 Å². The number of furan rings is 1. The number of nitrogens with zero attached hydrogens (tertiary/aromatic N) is 5. The first-order valence-electron chi connectivity index (χ1n) is 18.7. The molecule has 6 nitrogen and oxygen atoms in total. The van der Waals surface area contributed by atoms with Crippen molar-refractivity contribution in [2.24, 2.45) is 0 Å². The minimum Gasteiger partial charge on any atom is -0.456 e. The quantitative estimate of drug-likeness (QED) is 0.174. The molecule has 0 unspecified atom stereocenters. The zero-order chi connectivity index (χ0) is 37.5. The molecule has 0 radical (unpaired) electrons. The monoisotopic (exact) mass is 765 g/mol. The SMILES string of the molecule is c1ccc(-c2nc(-c3ccccc3)nc(-c3cccc4sc5c(-c6nc(-c7ccc8oc9ccccc9c8c7)nc7c6sc6ccccc67)cccc5c34)n2)cc1. The lowest BCUT2D eigenvalue weighted by atomic mass is 10.0. The Morgan fingerprint density at radius 3 is 1.77 bits per heavy atom. The Morgan fingerprint density at radius 1 is 0.368 bits per heavy atom. The Balaban J connectivity index is 1.09. The molecule has 0 saturated heterocycles. The zero-order valence-corrected chi connectivity index (χ0v) is 31.7. The predicted octanol–water partition coefficient (Wildman–Crippen LogP) is 13.6. The summed E-state index contributed by atoms with van der Waals surface area (Å²) < 4.78 is 10.7. The van der Waals surface area contributed by atoms with Gasteiger partial charge in [0.2, 0.25) is 0 Å². The molecule has 12 rings (SSSR count). The topological polar surface area (TPSA) is 77.6 Å². The standard InChI is InChI=1S/C49H27N5OS2/c1-3-13-28(14-4-1)46-52-47(29-15-5-2-6-16-29)54-49(53-46)34-20-12-24-40-41(34)33-19-11-21-35(44(33)57-40)43-45-42(32-18-8-10-23-39(32)56-45)50-48(51-43)30-25-26-38-36(27-30)31-17-7-9-22-37(31)55-38/h1-27H. The zero-order valence-electron chi connectivity index (χ0n) is 30.0. The third-order valence-electron chi connectivity index (χ3n) is 10.6. The normalized spacial score (nSPS) is 11.9. The fraction of sp³-hybridized carbons (Fsp3) is 0. The van der Waals surface area contributed by atoms with Gasteiger partial charge in [0.25, 0.3) is 0 Å². The van der Waals surface area contributed by atoms with Crippen LogP contribution in [0, 0.1) is 0 Å². The van der Waals surface area contributed by atoms with Gasteiger partial charge in [-0.15, -0.1) is 22.7 Å². The third-order valence-corrected chi connectivity index (χ3v) is 12.9. The number of hydrogen-bond donors (Lipinski definition) is 0. The molecule has 0 atom stereocenters. The van der Waals surface area contributed by atoms with Gasteiger partial charge in [-0.25, -0.2) is 24.9 Å². The fourth-order valence-electron chi connectivity index (χ4n) is 7.92. The van der Waals surface area contributed by atoms with E-state index in [0.717, 1.165) is 91.2 Å². The van der Waals surface area contributed by atoms with Crippen LogP contribution in [0.25, 0.3) is 119 Å². The Kier molecular flexibility index (Phi) is 7.17. The molecule has 5 aromatic heterocycles. The first kappa shape index (κ1) is 32.1. The number of benzene rings is 7. The van der Waals surface area contributed by atoms with E-state index in [1.54, 1.807) is 22.7 Å². The number of aromatic nitrogens is 5. The number of hydrogen-bond acceptors (Lipinski definition) is 8. The minimum absolute atomic E-state index is 0.636. The molecule has 12 aromatic rings. The van der Waals surface area contributed by atoms with Gasteiger partial charge in [-0.3, -0.25) is 0 Å². The number of rotatable bonds is 5. The Labute approximate surface area is 333 Å². The van der Waals surface area contributed by atoms with Crippen molar-refractivity contribution in [3.8, 4) is 56.8 Å². The maximum atomic E-state index is 6.18. The van der Waals surface area contributed by atoms with Crippen LogP contribution >= 0.6 is 22.7 Å². The van der Waals surface area contributed by atoms with Crippen molar-refractivity contribution in [2.75, 3.05) is 0 Å². The molecule has 0 saturated carbocycles. The molecule has 0 aliphatic rings. The van der Waals surface area contributed by atoms with E-state index < -0.39 is 0 Å². The molecule has 0 aliphatic heterocycles. The van der Waals surface area contributed by atoms with Gasteiger partial charge in [0.15, 0.2) is 23.3 Å². The summed E-state index contributed by atoms with van der Waals surface area (Å²) in [5.74, 6) is 2.59. The van der Waals surface area contributed by atoms with E-state index in [1.807, 2.05) is 84.9 Å². The van der Waals surface area contributed by atoms with Crippen molar-refractivity contribution in [1.82, 2.24) is 24.9 Å². The van der Waals surface area contributed by atoms with Crippen LogP contribution in [0.3, 0.4) is 0 Å². The highest BCUT2D eigenvalue weighted by Gasteiger charge is 2.22. The number of thiophene rings is 2. The van der Waals surface area contributed by atoms with Crippen LogP contribution in [0.1, 0.15) is 0 Å². The Morgan fingerprint density at radius 2 is 0.965 bits per heavy atom. The second-order valence-corrected chi connectivity index (χ2v) is 16.1. The van der Waals surface area contributed by atoms with Gasteiger partial charge in [-0.05, 0) is 36.4 Å². The van der Waals surface area contributed by atoms with Crippen molar-refractivity contribution in [3.05, 3.63) is 164 Å². The van der Waals surface area contributed by atoms with Crippen LogP contribution in [0.5, 0.6) is 0 Å². The molecular formula is C49H27N5OS2. The van der Waals surface area contributed by atoms with Gasteiger partial charge in [-0.2, -0.15) is 0 Å². The first-order valence-corrected chi connectivity index (χ1v) is 20.3. The van der Waals surface area contributed by atoms with Crippen LogP contribution in [0.4, 0.5) is 0 Å². The van der Waals surface area contributed by atoms with Crippen molar-refractivity contribution >= 4 is 85.1 Å². The van der Waals surface area contributed by atoms with Crippen molar-refractivity contribution in [3.63, 3.8) is 0 Å². The summed E-state index contributed by atoms with van der Waals surface area (Å²) in [6.45, 7) is 0. The molecule has 0 aliphatic carbocycles. The van der Waals surface area contributed by atoms with Crippen molar-refractivity contribution < 1.29 is 4.42 Å². The second-order valence-electron chi connectivity index (χ2n) is 14.0. The molecule has 0 N–H and O–H groups in total. The highest BCUT2D eigenvalue weighted by Crippen LogP contribution is 2.47. The van der Waals surface area contributed by atoms with E-state index in [9.17, 15) is 0 Å². The average Bonchev–Trinajstić information content (AvgIpc) is 3.98. The summed E-state index contributed by atoms with van der Waals surface area (Å²) in [7, 11) is 0. The van der Waals surface area contributed by atoms with Crippen LogP contribution in [-0.4, -0.2) is 24.9 Å². The predicted molar refractivity (Wildman–Crippen MR) is 236 cm³/mol. The molecule has 0 spiro atoms. The molecule has 7 aromatic carbocycles. The van der Waals surface area contributed by atoms with Crippen molar-refractivity contribution in [2.45, 2.75) is 0 Å². The molecule has 57 heavy (non-hydrogen) atoms. The summed E-state index contributed by atoms with van der Waals surface area (Å²) in [4.78, 5) is 25.9. The minimum atomic E-state index is 0.636. The maximum absolute atomic E-state index is 6.18. The molecule has 8 heteroatoms. The van der Waals surface area contributed by atoms with Gasteiger partial charge in [0, 0.05) is 68.8 Å². The lowest BCUT2D eigenvalue weighted by Gasteiger charge is -2.10. The smallest absolute Gasteiger partial charge is 0.164 e. The molecule has 266 valence electrons. The molecular weight excluding hydrogens is 739 g/mol. The summed E-state index contributed by atoms with van der Waals surface area (Å²) in [6, 6.07) is 56.1. The maximum Gasteiger partial charge on any atom is 0.164 e. The largest absolute Gasteiger partial charge is 0.456 e. The van der Waals surface area contributed by atoms with Crippen LogP contribution < -0.4 is 0 Å². The van der Waals surface area contributed by atoms with Crippen LogP contribution in [0.15, 0.2) is 168 Å². The highest BCUT2D eigenvalue weighted by molar-refractivity contribution is 7.27. The Hall–Kier alpha value is -7.13. The highest BCUT2D eigenvalue weighted by atomic mass is 32.1. The number of fused-ring (bicyclic) bond motifs is 9. The third kappa shape index (κ3) is 5.19. The average molecular weight is 766 g/mol. The lowest BCUT2D eigenvalue weighted by Crippen LogP contribution is -2.00. The van der Waals surface area contributed by atoms with E-state index in [0.29, 0.717) is 23.3 Å². The van der Waals surface area contributed by atoms with Gasteiger partial charge in [0.05, 0.1) is 15.9 Å². The van der Waals surface area contributed by atoms with Gasteiger partial charge in [0.1, 0.15) is 11.2 Å². The Bertz CT molecular complexity index is 3480. The summed E-state index contributed by atoms with van der Waals surface area (Å²) in [6.07, 6.45) is 0. The van der Waals surface area contributed by atoms with Crippen LogP contribution in [-0.2, 0) is 0 Å². The van der Waals surface area contributed by atoms with E-state index in [1.165, 1.54) is 4.70 Å². The lowest BCUT2D eigenvalue weighted by molar-refractivity contribution is 0.669. The van der Waals surface area contributed by atoms with Crippen molar-refractivity contribution in [1.29, 1.82) is 0 Å². The van der Waals surface area contributed by atoms with Gasteiger partial charge in [-0.1, -0.05) is 127 Å². The van der Waals surface area contributed by atoms with Gasteiger partial charge < -0.3 is 4.42 Å². The molecule has 0 bridgehead atoms. The van der Waals surface area contributed by atoms with E-state index in [-0.39, 0.29) is 0 Å². The van der Waals surface area contributed by atoms with Crippen LogP contribution in [0.2, 0.25) is 0 Å². The summed E-state index contributed by atoms with van der Waals surface area (Å²) in [5.41, 5.74) is 8.44. The molecule has 0 amide bonds. The van der Waals surface area contributed by atoms with E-state index >= 15 is 0 Å². The number of para-hydroxylation sites is 1. The molecule has 5 heterocycles.